The number of ether oxygens (including phenoxy) is 1. The van der Waals surface area contributed by atoms with Crippen LogP contribution < -0.4 is 4.90 Å². The third kappa shape index (κ3) is 2.74. The van der Waals surface area contributed by atoms with Crippen molar-refractivity contribution in [1.29, 1.82) is 0 Å². The van der Waals surface area contributed by atoms with E-state index in [1.54, 1.807) is 11.3 Å². The molecule has 0 radical (unpaired) electrons. The average Bonchev–Trinajstić information content (AvgIpc) is 3.15. The molecule has 1 aromatic heterocycles. The summed E-state index contributed by atoms with van der Waals surface area (Å²) in [5.41, 5.74) is 1.37. The second kappa shape index (κ2) is 5.95. The molecule has 1 aromatic carbocycles. The first-order chi connectivity index (χ1) is 10.8. The van der Waals surface area contributed by atoms with Crippen molar-refractivity contribution in [1.82, 2.24) is 15.1 Å². The van der Waals surface area contributed by atoms with Gasteiger partial charge in [0.15, 0.2) is 0 Å². The summed E-state index contributed by atoms with van der Waals surface area (Å²) in [6, 6.07) is 11.1. The minimum atomic E-state index is 0.279. The molecule has 4 rings (SSSR count). The topological polar surface area (TPSA) is 41.5 Å². The number of nitrogens with zero attached hydrogens (tertiary/aromatic N) is 4. The number of hydrogen-bond donors (Lipinski definition) is 0. The van der Waals surface area contributed by atoms with Gasteiger partial charge >= 0.3 is 0 Å². The van der Waals surface area contributed by atoms with Gasteiger partial charge in [-0.25, -0.2) is 0 Å². The van der Waals surface area contributed by atoms with Crippen LogP contribution in [0, 0.1) is 6.92 Å². The van der Waals surface area contributed by atoms with E-state index < -0.39 is 0 Å². The van der Waals surface area contributed by atoms with E-state index in [-0.39, 0.29) is 6.10 Å². The highest BCUT2D eigenvalue weighted by molar-refractivity contribution is 7.15. The van der Waals surface area contributed by atoms with Crippen molar-refractivity contribution >= 4 is 16.5 Å². The zero-order valence-electron chi connectivity index (χ0n) is 12.7. The standard InChI is InChI=1S/C16H20N4OS/c1-12-17-18-16(22-12)20-10-14-15(11-20)21-8-7-19(14)9-13-5-3-2-4-6-13/h2-6,14-15H,7-11H2,1H3. The van der Waals surface area contributed by atoms with E-state index in [0.717, 1.165) is 42.9 Å². The third-order valence-corrected chi connectivity index (χ3v) is 5.33. The van der Waals surface area contributed by atoms with Crippen LogP contribution in [0.5, 0.6) is 0 Å². The smallest absolute Gasteiger partial charge is 0.208 e. The molecule has 5 nitrogen and oxygen atoms in total. The van der Waals surface area contributed by atoms with Crippen molar-refractivity contribution in [2.24, 2.45) is 0 Å². The summed E-state index contributed by atoms with van der Waals surface area (Å²) >= 11 is 1.67. The highest BCUT2D eigenvalue weighted by Gasteiger charge is 2.40. The summed E-state index contributed by atoms with van der Waals surface area (Å²) < 4.78 is 6.00. The summed E-state index contributed by atoms with van der Waals surface area (Å²) in [7, 11) is 0. The summed E-state index contributed by atoms with van der Waals surface area (Å²) in [4.78, 5) is 4.88. The summed E-state index contributed by atoms with van der Waals surface area (Å²) in [5.74, 6) is 0. The number of hydrogen-bond acceptors (Lipinski definition) is 6. The van der Waals surface area contributed by atoms with Crippen molar-refractivity contribution in [2.45, 2.75) is 25.6 Å². The predicted molar refractivity (Wildman–Crippen MR) is 87.2 cm³/mol. The minimum Gasteiger partial charge on any atom is -0.373 e. The maximum atomic E-state index is 6.00. The van der Waals surface area contributed by atoms with Crippen LogP contribution in [0.25, 0.3) is 0 Å². The van der Waals surface area contributed by atoms with E-state index in [9.17, 15) is 0 Å². The molecule has 6 heteroatoms. The van der Waals surface area contributed by atoms with Gasteiger partial charge in [0, 0.05) is 26.2 Å². The highest BCUT2D eigenvalue weighted by atomic mass is 32.1. The summed E-state index contributed by atoms with van der Waals surface area (Å²) in [6.45, 7) is 6.71. The van der Waals surface area contributed by atoms with Gasteiger partial charge in [-0.05, 0) is 12.5 Å². The van der Waals surface area contributed by atoms with Crippen LogP contribution in [0.1, 0.15) is 10.6 Å². The Bertz CT molecular complexity index is 632. The molecular weight excluding hydrogens is 296 g/mol. The van der Waals surface area contributed by atoms with Crippen molar-refractivity contribution in [3.63, 3.8) is 0 Å². The fourth-order valence-electron chi connectivity index (χ4n) is 3.34. The maximum absolute atomic E-state index is 6.00. The molecule has 2 aliphatic rings. The number of rotatable bonds is 3. The van der Waals surface area contributed by atoms with Crippen molar-refractivity contribution in [3.8, 4) is 0 Å². The van der Waals surface area contributed by atoms with Gasteiger partial charge in [-0.3, -0.25) is 4.90 Å². The minimum absolute atomic E-state index is 0.279. The first-order valence-corrected chi connectivity index (χ1v) is 8.56. The molecule has 2 atom stereocenters. The van der Waals surface area contributed by atoms with Crippen LogP contribution in [-0.2, 0) is 11.3 Å². The Labute approximate surface area is 134 Å². The molecule has 0 aliphatic carbocycles. The lowest BCUT2D eigenvalue weighted by Gasteiger charge is -2.36. The summed E-state index contributed by atoms with van der Waals surface area (Å²) in [5, 5.41) is 10.5. The predicted octanol–water partition coefficient (Wildman–Crippen LogP) is 1.94. The molecule has 2 unspecified atom stereocenters. The van der Waals surface area contributed by atoms with Gasteiger partial charge in [-0.2, -0.15) is 0 Å². The molecule has 22 heavy (non-hydrogen) atoms. The van der Waals surface area contributed by atoms with E-state index in [1.165, 1.54) is 5.56 Å². The maximum Gasteiger partial charge on any atom is 0.208 e. The normalized spacial score (nSPS) is 25.4. The first-order valence-electron chi connectivity index (χ1n) is 7.74. The summed E-state index contributed by atoms with van der Waals surface area (Å²) in [6.07, 6.45) is 0.279. The van der Waals surface area contributed by atoms with Crippen LogP contribution in [0.2, 0.25) is 0 Å². The first kappa shape index (κ1) is 14.1. The van der Waals surface area contributed by atoms with E-state index in [4.69, 9.17) is 4.74 Å². The Hall–Kier alpha value is -1.50. The molecule has 2 aromatic rings. The van der Waals surface area contributed by atoms with Crippen LogP contribution in [-0.4, -0.2) is 53.5 Å². The van der Waals surface area contributed by atoms with Crippen LogP contribution >= 0.6 is 11.3 Å². The monoisotopic (exact) mass is 316 g/mol. The zero-order chi connectivity index (χ0) is 14.9. The molecule has 2 aliphatic heterocycles. The zero-order valence-corrected chi connectivity index (χ0v) is 13.5. The fourth-order valence-corrected chi connectivity index (χ4v) is 4.05. The number of fused-ring (bicyclic) bond motifs is 1. The Morgan fingerprint density at radius 1 is 1.23 bits per heavy atom. The number of morpholine rings is 1. The van der Waals surface area contributed by atoms with Gasteiger partial charge in [0.25, 0.3) is 0 Å². The Morgan fingerprint density at radius 3 is 2.86 bits per heavy atom. The highest BCUT2D eigenvalue weighted by Crippen LogP contribution is 2.29. The third-order valence-electron chi connectivity index (χ3n) is 4.43. The Balaban J connectivity index is 1.49. The van der Waals surface area contributed by atoms with Crippen molar-refractivity contribution in [2.75, 3.05) is 31.1 Å². The number of aryl methyl sites for hydroxylation is 1. The van der Waals surface area contributed by atoms with Crippen molar-refractivity contribution in [3.05, 3.63) is 40.9 Å². The molecule has 0 N–H and O–H groups in total. The van der Waals surface area contributed by atoms with E-state index in [1.807, 2.05) is 6.92 Å². The largest absolute Gasteiger partial charge is 0.373 e. The lowest BCUT2D eigenvalue weighted by molar-refractivity contribution is -0.0499. The van der Waals surface area contributed by atoms with Gasteiger partial charge in [0.05, 0.1) is 18.8 Å². The van der Waals surface area contributed by atoms with E-state index in [2.05, 4.69) is 50.3 Å². The molecule has 0 spiro atoms. The number of benzene rings is 1. The molecule has 2 saturated heterocycles. The molecular formula is C16H20N4OS. The van der Waals surface area contributed by atoms with E-state index in [0.29, 0.717) is 6.04 Å². The molecule has 2 fully saturated rings. The lowest BCUT2D eigenvalue weighted by atomic mass is 10.1. The molecule has 116 valence electrons. The molecule has 0 saturated carbocycles. The number of aromatic nitrogens is 2. The molecule has 3 heterocycles. The Morgan fingerprint density at radius 2 is 2.09 bits per heavy atom. The van der Waals surface area contributed by atoms with Crippen LogP contribution in [0.15, 0.2) is 30.3 Å². The van der Waals surface area contributed by atoms with Gasteiger partial charge < -0.3 is 9.64 Å². The average molecular weight is 316 g/mol. The SMILES string of the molecule is Cc1nnc(N2CC3OCCN(Cc4ccccc4)C3C2)s1. The second-order valence-corrected chi connectivity index (χ2v) is 7.10. The number of anilines is 1. The van der Waals surface area contributed by atoms with Gasteiger partial charge in [0.1, 0.15) is 5.01 Å². The molecule has 0 bridgehead atoms. The van der Waals surface area contributed by atoms with Gasteiger partial charge in [-0.15, -0.1) is 10.2 Å². The van der Waals surface area contributed by atoms with Gasteiger partial charge in [-0.1, -0.05) is 41.7 Å². The quantitative estimate of drug-likeness (QED) is 0.865. The Kier molecular flexibility index (Phi) is 3.82. The van der Waals surface area contributed by atoms with Crippen LogP contribution in [0.4, 0.5) is 5.13 Å². The van der Waals surface area contributed by atoms with Crippen molar-refractivity contribution < 1.29 is 4.74 Å². The fraction of sp³-hybridized carbons (Fsp3) is 0.500. The van der Waals surface area contributed by atoms with E-state index >= 15 is 0 Å². The van der Waals surface area contributed by atoms with Crippen LogP contribution in [0.3, 0.4) is 0 Å². The lowest BCUT2D eigenvalue weighted by Crippen LogP contribution is -2.50. The van der Waals surface area contributed by atoms with Gasteiger partial charge in [0.2, 0.25) is 5.13 Å². The second-order valence-electron chi connectivity index (χ2n) is 5.94. The molecule has 0 amide bonds.